The number of nitrogens with zero attached hydrogens (tertiary/aromatic N) is 3. The van der Waals surface area contributed by atoms with Gasteiger partial charge in [0.05, 0.1) is 6.04 Å². The average Bonchev–Trinajstić information content (AvgIpc) is 2.81. The zero-order chi connectivity index (χ0) is 19.9. The number of hydrogen-bond donors (Lipinski definition) is 1. The first-order chi connectivity index (χ1) is 14.3. The van der Waals surface area contributed by atoms with Crippen molar-refractivity contribution in [2.24, 2.45) is 4.99 Å². The van der Waals surface area contributed by atoms with E-state index < -0.39 is 0 Å². The van der Waals surface area contributed by atoms with Gasteiger partial charge >= 0.3 is 6.03 Å². The lowest BCUT2D eigenvalue weighted by Crippen LogP contribution is -2.44. The summed E-state index contributed by atoms with van der Waals surface area (Å²) >= 11 is 0. The molecule has 29 heavy (non-hydrogen) atoms. The van der Waals surface area contributed by atoms with Crippen LogP contribution in [0.4, 0.5) is 10.5 Å². The van der Waals surface area contributed by atoms with Crippen LogP contribution in [-0.2, 0) is 6.42 Å². The van der Waals surface area contributed by atoms with Crippen LogP contribution in [0.5, 0.6) is 0 Å². The normalized spacial score (nSPS) is 26.5. The maximum absolute atomic E-state index is 13.2. The number of carbonyl (C=O) groups is 1. The molecule has 1 unspecified atom stereocenters. The molecule has 1 saturated heterocycles. The van der Waals surface area contributed by atoms with Crippen molar-refractivity contribution < 1.29 is 4.79 Å². The average molecular weight is 397 g/mol. The Labute approximate surface area is 175 Å². The summed E-state index contributed by atoms with van der Waals surface area (Å²) in [4.78, 5) is 22.6. The fourth-order valence-corrected chi connectivity index (χ4v) is 4.83. The minimum absolute atomic E-state index is 0.0266. The van der Waals surface area contributed by atoms with Crippen molar-refractivity contribution in [3.8, 4) is 0 Å². The Bertz CT molecular complexity index is 693. The summed E-state index contributed by atoms with van der Waals surface area (Å²) < 4.78 is 0. The zero-order valence-corrected chi connectivity index (χ0v) is 17.7. The van der Waals surface area contributed by atoms with Crippen LogP contribution in [0.3, 0.4) is 0 Å². The molecule has 0 radical (unpaired) electrons. The van der Waals surface area contributed by atoms with Crippen molar-refractivity contribution in [1.29, 1.82) is 0 Å². The summed E-state index contributed by atoms with van der Waals surface area (Å²) in [6.07, 6.45) is 13.2. The Morgan fingerprint density at radius 1 is 0.793 bits per heavy atom. The highest BCUT2D eigenvalue weighted by Gasteiger charge is 2.23. The van der Waals surface area contributed by atoms with Gasteiger partial charge < -0.3 is 4.90 Å². The molecular formula is C24H36N4O. The van der Waals surface area contributed by atoms with Gasteiger partial charge in [0.2, 0.25) is 0 Å². The minimum atomic E-state index is -0.0266. The van der Waals surface area contributed by atoms with E-state index in [1.807, 2.05) is 4.90 Å². The number of amidine groups is 1. The molecule has 1 aromatic rings. The molecule has 3 aliphatic heterocycles. The monoisotopic (exact) mass is 396 g/mol. The van der Waals surface area contributed by atoms with Crippen LogP contribution in [0.1, 0.15) is 69.8 Å². The highest BCUT2D eigenvalue weighted by molar-refractivity contribution is 6.04. The molecule has 2 fully saturated rings. The fraction of sp³-hybridized carbons (Fsp3) is 0.667. The van der Waals surface area contributed by atoms with Gasteiger partial charge in [0.15, 0.2) is 0 Å². The highest BCUT2D eigenvalue weighted by atomic mass is 16.2. The Balaban J connectivity index is 1.58. The van der Waals surface area contributed by atoms with Gasteiger partial charge in [-0.15, -0.1) is 0 Å². The first kappa shape index (κ1) is 20.4. The quantitative estimate of drug-likeness (QED) is 0.744. The number of nitrogens with one attached hydrogen (secondary N) is 1. The molecule has 1 saturated carbocycles. The number of aliphatic imine (C=N–C) groups is 1. The first-order valence-electron chi connectivity index (χ1n) is 11.7. The fourth-order valence-electron chi connectivity index (χ4n) is 4.83. The molecule has 5 heteroatoms. The minimum Gasteiger partial charge on any atom is -0.301 e. The van der Waals surface area contributed by atoms with Gasteiger partial charge in [0.25, 0.3) is 0 Å². The number of fused-ring (bicyclic) bond motifs is 7. The molecule has 0 aromatic heterocycles. The third kappa shape index (κ3) is 5.81. The molecule has 1 atom stereocenters. The predicted molar refractivity (Wildman–Crippen MR) is 120 cm³/mol. The molecule has 5 nitrogen and oxygen atoms in total. The Kier molecular flexibility index (Phi) is 7.20. The van der Waals surface area contributed by atoms with Crippen molar-refractivity contribution in [2.45, 2.75) is 76.7 Å². The van der Waals surface area contributed by atoms with E-state index >= 15 is 0 Å². The van der Waals surface area contributed by atoms with Gasteiger partial charge in [0, 0.05) is 31.7 Å². The number of rotatable bonds is 1. The predicted octanol–water partition coefficient (Wildman–Crippen LogP) is 4.76. The van der Waals surface area contributed by atoms with Gasteiger partial charge in [-0.1, -0.05) is 44.2 Å². The topological polar surface area (TPSA) is 47.9 Å². The van der Waals surface area contributed by atoms with E-state index in [1.165, 1.54) is 50.5 Å². The number of aryl methyl sites for hydroxylation is 1. The first-order valence-corrected chi connectivity index (χ1v) is 11.7. The lowest BCUT2D eigenvalue weighted by Gasteiger charge is -2.26. The lowest BCUT2D eigenvalue weighted by atomic mass is 9.96. The molecule has 1 aliphatic carbocycles. The maximum Gasteiger partial charge on any atom is 0.327 e. The highest BCUT2D eigenvalue weighted by Crippen LogP contribution is 2.22. The van der Waals surface area contributed by atoms with E-state index in [0.29, 0.717) is 6.04 Å². The summed E-state index contributed by atoms with van der Waals surface area (Å²) in [5.41, 5.74) is 2.36. The zero-order valence-electron chi connectivity index (χ0n) is 17.7. The Morgan fingerprint density at radius 3 is 2.38 bits per heavy atom. The molecular weight excluding hydrogens is 360 g/mol. The van der Waals surface area contributed by atoms with Crippen LogP contribution in [0.25, 0.3) is 0 Å². The van der Waals surface area contributed by atoms with Gasteiger partial charge in [-0.05, 0) is 56.3 Å². The second kappa shape index (κ2) is 10.2. The number of urea groups is 1. The second-order valence-electron chi connectivity index (χ2n) is 8.87. The van der Waals surface area contributed by atoms with Crippen molar-refractivity contribution >= 4 is 17.6 Å². The van der Waals surface area contributed by atoms with Gasteiger partial charge in [0.1, 0.15) is 5.84 Å². The number of anilines is 1. The maximum atomic E-state index is 13.2. The van der Waals surface area contributed by atoms with Crippen LogP contribution in [0.2, 0.25) is 0 Å². The van der Waals surface area contributed by atoms with Crippen molar-refractivity contribution in [2.75, 3.05) is 31.1 Å². The Hall–Kier alpha value is -1.88. The second-order valence-corrected chi connectivity index (χ2v) is 8.87. The van der Waals surface area contributed by atoms with Crippen molar-refractivity contribution in [3.05, 3.63) is 29.8 Å². The smallest absolute Gasteiger partial charge is 0.301 e. The number of amides is 2. The van der Waals surface area contributed by atoms with Gasteiger partial charge in [-0.25, -0.2) is 4.79 Å². The van der Waals surface area contributed by atoms with E-state index in [9.17, 15) is 4.79 Å². The van der Waals surface area contributed by atoms with Gasteiger partial charge in [-0.2, -0.15) is 0 Å². The molecule has 1 N–H and O–H groups in total. The van der Waals surface area contributed by atoms with Crippen LogP contribution in [0, 0.1) is 0 Å². The SMILES string of the molecule is O=C1NC(=NC2CCCCC2)CCN2CCCCCCc3ccc(cc3)N1CC2. The molecule has 5 rings (SSSR count). The van der Waals surface area contributed by atoms with Crippen molar-refractivity contribution in [3.63, 3.8) is 0 Å². The number of carbonyl (C=O) groups excluding carboxylic acids is 1. The van der Waals surface area contributed by atoms with Gasteiger partial charge in [-0.3, -0.25) is 15.2 Å². The van der Waals surface area contributed by atoms with Crippen LogP contribution in [0.15, 0.2) is 29.3 Å². The molecule has 4 aliphatic rings. The standard InChI is InChI=1S/C24H36N4O/c29-24-26-23(25-21-9-5-3-6-10-21)15-17-27-16-7-2-1-4-8-20-11-13-22(14-12-20)28(24)19-18-27/h11-14,21H,1-10,15-19H2,(H,25,26,29). The van der Waals surface area contributed by atoms with E-state index in [4.69, 9.17) is 4.99 Å². The van der Waals surface area contributed by atoms with E-state index in [-0.39, 0.29) is 6.03 Å². The summed E-state index contributed by atoms with van der Waals surface area (Å²) in [7, 11) is 0. The number of hydrogen-bond acceptors (Lipinski definition) is 3. The molecule has 2 amide bonds. The molecule has 3 heterocycles. The Morgan fingerprint density at radius 2 is 1.55 bits per heavy atom. The van der Waals surface area contributed by atoms with Crippen LogP contribution in [-0.4, -0.2) is 49.0 Å². The molecule has 4 bridgehead atoms. The summed E-state index contributed by atoms with van der Waals surface area (Å²) in [6.45, 7) is 3.75. The molecule has 158 valence electrons. The number of benzene rings is 1. The summed E-state index contributed by atoms with van der Waals surface area (Å²) in [5.74, 6) is 0.889. The van der Waals surface area contributed by atoms with Crippen molar-refractivity contribution in [1.82, 2.24) is 10.2 Å². The third-order valence-electron chi connectivity index (χ3n) is 6.65. The summed E-state index contributed by atoms with van der Waals surface area (Å²) in [5, 5.41) is 3.18. The molecule has 1 aromatic carbocycles. The third-order valence-corrected chi connectivity index (χ3v) is 6.65. The largest absolute Gasteiger partial charge is 0.327 e. The summed E-state index contributed by atoms with van der Waals surface area (Å²) in [6, 6.07) is 8.96. The molecule has 0 spiro atoms. The van der Waals surface area contributed by atoms with E-state index in [1.54, 1.807) is 0 Å². The lowest BCUT2D eigenvalue weighted by molar-refractivity contribution is 0.248. The van der Waals surface area contributed by atoms with E-state index in [0.717, 1.165) is 63.4 Å². The van der Waals surface area contributed by atoms with E-state index in [2.05, 4.69) is 34.5 Å². The van der Waals surface area contributed by atoms with Crippen LogP contribution >= 0.6 is 0 Å². The van der Waals surface area contributed by atoms with Crippen LogP contribution < -0.4 is 10.2 Å².